The first-order chi connectivity index (χ1) is 14.8. The van der Waals surface area contributed by atoms with Gasteiger partial charge in [-0.25, -0.2) is 8.42 Å². The summed E-state index contributed by atoms with van der Waals surface area (Å²) in [5.41, 5.74) is 0.665. The van der Waals surface area contributed by atoms with Crippen molar-refractivity contribution in [1.29, 1.82) is 0 Å². The summed E-state index contributed by atoms with van der Waals surface area (Å²) in [6, 6.07) is 6.41. The van der Waals surface area contributed by atoms with Crippen LogP contribution in [0.1, 0.15) is 32.1 Å². The lowest BCUT2D eigenvalue weighted by Gasteiger charge is -2.27. The third kappa shape index (κ3) is 5.72. The van der Waals surface area contributed by atoms with Gasteiger partial charge in [0.05, 0.1) is 4.90 Å². The minimum absolute atomic E-state index is 0.0269. The Balaban J connectivity index is 1.65. The van der Waals surface area contributed by atoms with Gasteiger partial charge in [0.15, 0.2) is 0 Å². The van der Waals surface area contributed by atoms with E-state index in [2.05, 4.69) is 11.9 Å². The Kier molecular flexibility index (Phi) is 7.85. The fourth-order valence-corrected chi connectivity index (χ4v) is 5.54. The molecule has 0 radical (unpaired) electrons. The van der Waals surface area contributed by atoms with Gasteiger partial charge in [-0.1, -0.05) is 6.58 Å². The summed E-state index contributed by atoms with van der Waals surface area (Å²) in [5.74, 6) is -0.274. The van der Waals surface area contributed by atoms with E-state index >= 15 is 0 Å². The second-order valence-electron chi connectivity index (χ2n) is 8.02. The van der Waals surface area contributed by atoms with E-state index in [1.54, 1.807) is 36.2 Å². The molecule has 31 heavy (non-hydrogen) atoms. The van der Waals surface area contributed by atoms with Crippen LogP contribution in [0.3, 0.4) is 0 Å². The van der Waals surface area contributed by atoms with Gasteiger partial charge >= 0.3 is 0 Å². The number of hydrogen-bond acceptors (Lipinski definition) is 5. The Morgan fingerprint density at radius 2 is 1.81 bits per heavy atom. The first-order valence-electron chi connectivity index (χ1n) is 10.7. The SMILES string of the molecule is C=CC(=O)NC1CCCN(S(=O)(=O)c2ccc(N(C)C(=O)C3CCOCC3)cc2)CC1. The number of rotatable bonds is 6. The maximum atomic E-state index is 13.1. The molecule has 2 aliphatic heterocycles. The first kappa shape index (κ1) is 23.4. The number of hydrogen-bond donors (Lipinski definition) is 1. The highest BCUT2D eigenvalue weighted by Crippen LogP contribution is 2.25. The molecule has 2 fully saturated rings. The van der Waals surface area contributed by atoms with Crippen molar-refractivity contribution >= 4 is 27.5 Å². The van der Waals surface area contributed by atoms with E-state index in [-0.39, 0.29) is 28.7 Å². The molecule has 2 amide bonds. The number of carbonyl (C=O) groups excluding carboxylic acids is 2. The van der Waals surface area contributed by atoms with Gasteiger partial charge in [-0.2, -0.15) is 4.31 Å². The number of ether oxygens (including phenoxy) is 1. The van der Waals surface area contributed by atoms with E-state index in [4.69, 9.17) is 4.74 Å². The summed E-state index contributed by atoms with van der Waals surface area (Å²) >= 11 is 0. The zero-order valence-electron chi connectivity index (χ0n) is 18.0. The van der Waals surface area contributed by atoms with Crippen LogP contribution in [0.2, 0.25) is 0 Å². The highest BCUT2D eigenvalue weighted by atomic mass is 32.2. The van der Waals surface area contributed by atoms with Gasteiger partial charge in [-0.05, 0) is 62.4 Å². The normalized spacial score (nSPS) is 21.1. The van der Waals surface area contributed by atoms with Crippen LogP contribution in [0, 0.1) is 5.92 Å². The molecule has 1 N–H and O–H groups in total. The molecule has 0 bridgehead atoms. The minimum atomic E-state index is -3.65. The second kappa shape index (κ2) is 10.4. The number of nitrogens with zero attached hydrogens (tertiary/aromatic N) is 2. The summed E-state index contributed by atoms with van der Waals surface area (Å²) in [5, 5.41) is 2.85. The zero-order chi connectivity index (χ0) is 22.4. The molecule has 0 spiro atoms. The molecule has 0 aromatic heterocycles. The molecule has 2 aliphatic rings. The van der Waals surface area contributed by atoms with E-state index in [0.717, 1.165) is 6.42 Å². The Morgan fingerprint density at radius 1 is 1.13 bits per heavy atom. The van der Waals surface area contributed by atoms with E-state index in [1.807, 2.05) is 0 Å². The Labute approximate surface area is 184 Å². The maximum Gasteiger partial charge on any atom is 0.243 e. The van der Waals surface area contributed by atoms with Crippen molar-refractivity contribution in [2.75, 3.05) is 38.3 Å². The van der Waals surface area contributed by atoms with Gasteiger partial charge < -0.3 is 15.0 Å². The smallest absolute Gasteiger partial charge is 0.243 e. The average molecular weight is 450 g/mol. The van der Waals surface area contributed by atoms with E-state index in [0.29, 0.717) is 57.7 Å². The summed E-state index contributed by atoms with van der Waals surface area (Å²) in [4.78, 5) is 26.0. The van der Waals surface area contributed by atoms with Crippen LogP contribution in [-0.2, 0) is 24.3 Å². The van der Waals surface area contributed by atoms with Crippen LogP contribution in [0.25, 0.3) is 0 Å². The van der Waals surface area contributed by atoms with Gasteiger partial charge in [0, 0.05) is 51.0 Å². The monoisotopic (exact) mass is 449 g/mol. The summed E-state index contributed by atoms with van der Waals surface area (Å²) < 4.78 is 33.0. The van der Waals surface area contributed by atoms with Crippen LogP contribution in [0.15, 0.2) is 41.8 Å². The molecule has 1 atom stereocenters. The summed E-state index contributed by atoms with van der Waals surface area (Å²) in [6.07, 6.45) is 4.59. The van der Waals surface area contributed by atoms with Gasteiger partial charge in [0.25, 0.3) is 0 Å². The van der Waals surface area contributed by atoms with Gasteiger partial charge in [0.2, 0.25) is 21.8 Å². The van der Waals surface area contributed by atoms with Crippen LogP contribution in [0.4, 0.5) is 5.69 Å². The van der Waals surface area contributed by atoms with E-state index < -0.39 is 10.0 Å². The molecule has 1 aromatic rings. The summed E-state index contributed by atoms with van der Waals surface area (Å²) in [7, 11) is -1.93. The Bertz CT molecular complexity index is 894. The van der Waals surface area contributed by atoms with Crippen molar-refractivity contribution in [3.8, 4) is 0 Å². The van der Waals surface area contributed by atoms with Crippen molar-refractivity contribution in [1.82, 2.24) is 9.62 Å². The molecular formula is C22H31N3O5S. The zero-order valence-corrected chi connectivity index (χ0v) is 18.8. The molecule has 9 heteroatoms. The van der Waals surface area contributed by atoms with Gasteiger partial charge in [-0.3, -0.25) is 9.59 Å². The molecule has 2 saturated heterocycles. The highest BCUT2D eigenvalue weighted by molar-refractivity contribution is 7.89. The topological polar surface area (TPSA) is 96.0 Å². The first-order valence-corrected chi connectivity index (χ1v) is 12.2. The standard InChI is InChI=1S/C22H31N3O5S/c1-3-21(26)23-18-5-4-13-25(14-10-18)31(28,29)20-8-6-19(7-9-20)24(2)22(27)17-11-15-30-16-12-17/h3,6-9,17-18H,1,4-5,10-16H2,2H3,(H,23,26). The average Bonchev–Trinajstić information content (AvgIpc) is 3.04. The highest BCUT2D eigenvalue weighted by Gasteiger charge is 2.29. The van der Waals surface area contributed by atoms with Crippen molar-refractivity contribution in [2.24, 2.45) is 5.92 Å². The molecule has 1 unspecified atom stereocenters. The molecule has 2 heterocycles. The van der Waals surface area contributed by atoms with Crippen molar-refractivity contribution in [3.63, 3.8) is 0 Å². The lowest BCUT2D eigenvalue weighted by molar-refractivity contribution is -0.124. The van der Waals surface area contributed by atoms with Crippen molar-refractivity contribution in [3.05, 3.63) is 36.9 Å². The lowest BCUT2D eigenvalue weighted by Crippen LogP contribution is -2.36. The second-order valence-corrected chi connectivity index (χ2v) is 9.96. The largest absolute Gasteiger partial charge is 0.381 e. The molecule has 8 nitrogen and oxygen atoms in total. The van der Waals surface area contributed by atoms with E-state index in [1.165, 1.54) is 10.4 Å². The van der Waals surface area contributed by atoms with E-state index in [9.17, 15) is 18.0 Å². The van der Waals surface area contributed by atoms with Gasteiger partial charge in [-0.15, -0.1) is 0 Å². The van der Waals surface area contributed by atoms with Crippen LogP contribution >= 0.6 is 0 Å². The molecule has 3 rings (SSSR count). The van der Waals surface area contributed by atoms with Crippen LogP contribution < -0.4 is 10.2 Å². The minimum Gasteiger partial charge on any atom is -0.381 e. The third-order valence-electron chi connectivity index (χ3n) is 5.98. The molecular weight excluding hydrogens is 418 g/mol. The quantitative estimate of drug-likeness (QED) is 0.670. The predicted octanol–water partition coefficient (Wildman–Crippen LogP) is 1.92. The molecule has 170 valence electrons. The van der Waals surface area contributed by atoms with Crippen molar-refractivity contribution in [2.45, 2.75) is 43.0 Å². The third-order valence-corrected chi connectivity index (χ3v) is 7.89. The maximum absolute atomic E-state index is 13.1. The fourth-order valence-electron chi connectivity index (χ4n) is 4.05. The lowest BCUT2D eigenvalue weighted by atomic mass is 9.98. The number of nitrogens with one attached hydrogen (secondary N) is 1. The number of carbonyl (C=O) groups is 2. The fraction of sp³-hybridized carbons (Fsp3) is 0.545. The van der Waals surface area contributed by atoms with Crippen molar-refractivity contribution < 1.29 is 22.7 Å². The molecule has 1 aromatic carbocycles. The van der Waals surface area contributed by atoms with Crippen LogP contribution in [0.5, 0.6) is 0 Å². The Morgan fingerprint density at radius 3 is 2.45 bits per heavy atom. The predicted molar refractivity (Wildman–Crippen MR) is 118 cm³/mol. The molecule has 0 aliphatic carbocycles. The Hall–Kier alpha value is -2.23. The number of amides is 2. The summed E-state index contributed by atoms with van der Waals surface area (Å²) in [6.45, 7) is 5.39. The van der Waals surface area contributed by atoms with Gasteiger partial charge in [0.1, 0.15) is 0 Å². The number of benzene rings is 1. The molecule has 0 saturated carbocycles. The number of sulfonamides is 1. The number of anilines is 1. The van der Waals surface area contributed by atoms with Crippen LogP contribution in [-0.4, -0.2) is 63.9 Å².